The van der Waals surface area contributed by atoms with E-state index < -0.39 is 5.82 Å². The second kappa shape index (κ2) is 3.13. The Bertz CT molecular complexity index is 497. The van der Waals surface area contributed by atoms with Crippen LogP contribution in [0.3, 0.4) is 0 Å². The number of fused-ring (bicyclic) bond motifs is 1. The Hall–Kier alpha value is -1.23. The van der Waals surface area contributed by atoms with Crippen molar-refractivity contribution in [1.82, 2.24) is 0 Å². The third-order valence-corrected chi connectivity index (χ3v) is 3.51. The van der Waals surface area contributed by atoms with Crippen molar-refractivity contribution in [3.8, 4) is 0 Å². The minimum atomic E-state index is -0.558. The lowest BCUT2D eigenvalue weighted by atomic mass is 10.2. The molecule has 1 heterocycles. The van der Waals surface area contributed by atoms with E-state index in [1.807, 2.05) is 0 Å². The minimum absolute atomic E-state index is 0.0606. The number of amides is 2. The van der Waals surface area contributed by atoms with Crippen molar-refractivity contribution < 1.29 is 14.0 Å². The van der Waals surface area contributed by atoms with Crippen LogP contribution in [0.4, 0.5) is 10.1 Å². The van der Waals surface area contributed by atoms with Crippen LogP contribution >= 0.6 is 15.9 Å². The maximum absolute atomic E-state index is 13.6. The molecule has 1 saturated carbocycles. The molecule has 1 saturated heterocycles. The third-order valence-electron chi connectivity index (χ3n) is 3.02. The summed E-state index contributed by atoms with van der Waals surface area (Å²) in [5.74, 6) is -1.49. The Morgan fingerprint density at radius 1 is 1.25 bits per heavy atom. The van der Waals surface area contributed by atoms with E-state index in [2.05, 4.69) is 15.9 Å². The van der Waals surface area contributed by atoms with Gasteiger partial charge in [-0.2, -0.15) is 0 Å². The van der Waals surface area contributed by atoms with Crippen molar-refractivity contribution in [3.05, 3.63) is 28.5 Å². The zero-order valence-corrected chi connectivity index (χ0v) is 9.70. The Morgan fingerprint density at radius 3 is 2.44 bits per heavy atom. The van der Waals surface area contributed by atoms with Gasteiger partial charge in [-0.05, 0) is 24.6 Å². The molecule has 3 rings (SSSR count). The molecule has 1 aliphatic heterocycles. The molecule has 16 heavy (non-hydrogen) atoms. The molecule has 0 spiro atoms. The van der Waals surface area contributed by atoms with Crippen LogP contribution in [0.15, 0.2) is 22.7 Å². The van der Waals surface area contributed by atoms with E-state index in [4.69, 9.17) is 0 Å². The van der Waals surface area contributed by atoms with Crippen LogP contribution in [-0.4, -0.2) is 11.8 Å². The van der Waals surface area contributed by atoms with Gasteiger partial charge in [0.25, 0.3) is 0 Å². The number of anilines is 1. The first kappa shape index (κ1) is 9.96. The van der Waals surface area contributed by atoms with Crippen LogP contribution in [0.5, 0.6) is 0 Å². The van der Waals surface area contributed by atoms with E-state index in [0.29, 0.717) is 10.9 Å². The van der Waals surface area contributed by atoms with Crippen LogP contribution < -0.4 is 4.90 Å². The molecule has 2 atom stereocenters. The van der Waals surface area contributed by atoms with Crippen LogP contribution in [0.2, 0.25) is 0 Å². The van der Waals surface area contributed by atoms with Gasteiger partial charge in [-0.1, -0.05) is 15.9 Å². The highest BCUT2D eigenvalue weighted by molar-refractivity contribution is 9.10. The minimum Gasteiger partial charge on any atom is -0.274 e. The van der Waals surface area contributed by atoms with Gasteiger partial charge in [-0.3, -0.25) is 9.59 Å². The van der Waals surface area contributed by atoms with Gasteiger partial charge in [0.2, 0.25) is 11.8 Å². The van der Waals surface area contributed by atoms with Crippen LogP contribution in [0, 0.1) is 17.7 Å². The fourth-order valence-electron chi connectivity index (χ4n) is 2.08. The third kappa shape index (κ3) is 1.24. The Labute approximate surface area is 99.4 Å². The lowest BCUT2D eigenvalue weighted by Crippen LogP contribution is -2.33. The number of carbonyl (C=O) groups excluding carboxylic acids is 2. The van der Waals surface area contributed by atoms with Crippen molar-refractivity contribution in [1.29, 1.82) is 0 Å². The summed E-state index contributed by atoms with van der Waals surface area (Å²) < 4.78 is 14.2. The highest BCUT2D eigenvalue weighted by Gasteiger charge is 2.59. The number of benzene rings is 1. The molecule has 2 amide bonds. The summed E-state index contributed by atoms with van der Waals surface area (Å²) >= 11 is 3.13. The topological polar surface area (TPSA) is 37.4 Å². The molecule has 0 bridgehead atoms. The van der Waals surface area contributed by atoms with Crippen LogP contribution in [0.25, 0.3) is 0 Å². The van der Waals surface area contributed by atoms with E-state index >= 15 is 0 Å². The first-order chi connectivity index (χ1) is 7.59. The number of piperidine rings is 1. The predicted molar refractivity (Wildman–Crippen MR) is 58.2 cm³/mol. The van der Waals surface area contributed by atoms with Crippen LogP contribution in [-0.2, 0) is 9.59 Å². The lowest BCUT2D eigenvalue weighted by molar-refractivity contribution is -0.123. The first-order valence-electron chi connectivity index (χ1n) is 4.92. The van der Waals surface area contributed by atoms with E-state index in [1.165, 1.54) is 12.1 Å². The van der Waals surface area contributed by atoms with E-state index in [-0.39, 0.29) is 29.3 Å². The van der Waals surface area contributed by atoms with E-state index in [1.54, 1.807) is 6.07 Å². The van der Waals surface area contributed by atoms with Gasteiger partial charge in [0, 0.05) is 4.47 Å². The van der Waals surface area contributed by atoms with Gasteiger partial charge >= 0.3 is 0 Å². The van der Waals surface area contributed by atoms with Crippen molar-refractivity contribution in [3.63, 3.8) is 0 Å². The molecule has 82 valence electrons. The molecule has 2 aliphatic rings. The molecule has 3 nitrogen and oxygen atoms in total. The average Bonchev–Trinajstić information content (AvgIpc) is 2.96. The molecule has 2 fully saturated rings. The Balaban J connectivity index is 2.04. The van der Waals surface area contributed by atoms with Gasteiger partial charge in [-0.25, -0.2) is 9.29 Å². The summed E-state index contributed by atoms with van der Waals surface area (Å²) in [7, 11) is 0. The number of carbonyl (C=O) groups is 2. The highest BCUT2D eigenvalue weighted by atomic mass is 79.9. The zero-order chi connectivity index (χ0) is 11.4. The second-order valence-corrected chi connectivity index (χ2v) is 4.97. The maximum Gasteiger partial charge on any atom is 0.237 e. The smallest absolute Gasteiger partial charge is 0.237 e. The van der Waals surface area contributed by atoms with Crippen molar-refractivity contribution >= 4 is 33.4 Å². The summed E-state index contributed by atoms with van der Waals surface area (Å²) in [6, 6.07) is 4.31. The number of hydrogen-bond acceptors (Lipinski definition) is 2. The number of hydrogen-bond donors (Lipinski definition) is 0. The standard InChI is InChI=1S/C11H7BrFNO2/c12-5-1-2-9(8(13)3-5)14-10(15)6-4-7(6)11(14)16/h1-3,6-7H,4H2. The summed E-state index contributed by atoms with van der Waals surface area (Å²) in [4.78, 5) is 24.4. The van der Waals surface area contributed by atoms with Gasteiger partial charge in [0.05, 0.1) is 17.5 Å². The number of halogens is 2. The van der Waals surface area contributed by atoms with Crippen molar-refractivity contribution in [2.75, 3.05) is 4.90 Å². The Kier molecular flexibility index (Phi) is 1.95. The van der Waals surface area contributed by atoms with Crippen molar-refractivity contribution in [2.24, 2.45) is 11.8 Å². The summed E-state index contributed by atoms with van der Waals surface area (Å²) in [6.07, 6.45) is 0.631. The van der Waals surface area contributed by atoms with Gasteiger partial charge in [0.1, 0.15) is 5.82 Å². The molecule has 0 N–H and O–H groups in total. The zero-order valence-electron chi connectivity index (χ0n) is 8.11. The highest BCUT2D eigenvalue weighted by Crippen LogP contribution is 2.48. The monoisotopic (exact) mass is 283 g/mol. The second-order valence-electron chi connectivity index (χ2n) is 4.06. The fourth-order valence-corrected chi connectivity index (χ4v) is 2.41. The molecule has 0 radical (unpaired) electrons. The van der Waals surface area contributed by atoms with Crippen LogP contribution in [0.1, 0.15) is 6.42 Å². The van der Waals surface area contributed by atoms with Gasteiger partial charge in [-0.15, -0.1) is 0 Å². The fraction of sp³-hybridized carbons (Fsp3) is 0.273. The number of nitrogens with zero attached hydrogens (tertiary/aromatic N) is 1. The maximum atomic E-state index is 13.6. The average molecular weight is 284 g/mol. The summed E-state index contributed by atoms with van der Waals surface area (Å²) in [5.41, 5.74) is 0.0606. The molecule has 0 aromatic heterocycles. The molecule has 1 aliphatic carbocycles. The molecule has 2 unspecified atom stereocenters. The van der Waals surface area contributed by atoms with Gasteiger partial charge in [0.15, 0.2) is 0 Å². The molecule has 5 heteroatoms. The SMILES string of the molecule is O=C1C2CC2C(=O)N1c1ccc(Br)cc1F. The molecule has 1 aromatic rings. The summed E-state index contributed by atoms with van der Waals surface area (Å²) in [5, 5.41) is 0. The number of rotatable bonds is 1. The number of imide groups is 1. The van der Waals surface area contributed by atoms with Crippen molar-refractivity contribution in [2.45, 2.75) is 6.42 Å². The molecular formula is C11H7BrFNO2. The normalized spacial score (nSPS) is 27.2. The molecular weight excluding hydrogens is 277 g/mol. The summed E-state index contributed by atoms with van der Waals surface area (Å²) in [6.45, 7) is 0. The largest absolute Gasteiger partial charge is 0.274 e. The lowest BCUT2D eigenvalue weighted by Gasteiger charge is -2.17. The van der Waals surface area contributed by atoms with Gasteiger partial charge < -0.3 is 0 Å². The molecule has 1 aromatic carbocycles. The first-order valence-corrected chi connectivity index (χ1v) is 5.72. The van der Waals surface area contributed by atoms with E-state index in [9.17, 15) is 14.0 Å². The Morgan fingerprint density at radius 2 is 1.88 bits per heavy atom. The van der Waals surface area contributed by atoms with E-state index in [0.717, 1.165) is 4.90 Å². The predicted octanol–water partition coefficient (Wildman–Crippen LogP) is 2.10. The quantitative estimate of drug-likeness (QED) is 0.741.